The molecule has 22 heavy (non-hydrogen) atoms. The zero-order valence-electron chi connectivity index (χ0n) is 11.9. The first-order valence-electron chi connectivity index (χ1n) is 6.69. The average molecular weight is 326 g/mol. The minimum Gasteiger partial charge on any atom is -0.375 e. The molecule has 4 nitrogen and oxygen atoms in total. The Balaban J connectivity index is 1.87. The van der Waals surface area contributed by atoms with Crippen LogP contribution >= 0.6 is 23.6 Å². The summed E-state index contributed by atoms with van der Waals surface area (Å²) in [5, 5.41) is 5.29. The van der Waals surface area contributed by atoms with Crippen LogP contribution < -0.4 is 11.2 Å². The molecule has 0 bridgehead atoms. The van der Waals surface area contributed by atoms with Crippen molar-refractivity contribution in [3.63, 3.8) is 0 Å². The van der Waals surface area contributed by atoms with Gasteiger partial charge in [-0.15, -0.1) is 11.3 Å². The molecule has 1 heterocycles. The third-order valence-electron chi connectivity index (χ3n) is 3.18. The van der Waals surface area contributed by atoms with Gasteiger partial charge in [0.1, 0.15) is 5.01 Å². The zero-order valence-corrected chi connectivity index (χ0v) is 13.5. The Morgan fingerprint density at radius 3 is 2.59 bits per heavy atom. The van der Waals surface area contributed by atoms with Gasteiger partial charge in [0, 0.05) is 5.56 Å². The Hall–Kier alpha value is -2.31. The van der Waals surface area contributed by atoms with Crippen LogP contribution in [0, 0.1) is 0 Å². The molecule has 0 spiro atoms. The number of para-hydroxylation sites is 1. The summed E-state index contributed by atoms with van der Waals surface area (Å²) in [6.07, 6.45) is 0. The van der Waals surface area contributed by atoms with Crippen molar-refractivity contribution in [2.24, 2.45) is 10.8 Å². The van der Waals surface area contributed by atoms with Gasteiger partial charge in [0.25, 0.3) is 0 Å². The van der Waals surface area contributed by atoms with Crippen molar-refractivity contribution in [2.45, 2.75) is 6.92 Å². The van der Waals surface area contributed by atoms with Gasteiger partial charge < -0.3 is 5.73 Å². The van der Waals surface area contributed by atoms with Crippen LogP contribution in [0.5, 0.6) is 0 Å². The number of aromatic nitrogens is 1. The fourth-order valence-electron chi connectivity index (χ4n) is 2.05. The second kappa shape index (κ2) is 6.21. The fraction of sp³-hybridized carbons (Fsp3) is 0.0625. The summed E-state index contributed by atoms with van der Waals surface area (Å²) in [6, 6.07) is 16.3. The Bertz CT molecular complexity index is 817. The number of rotatable bonds is 3. The highest BCUT2D eigenvalue weighted by Crippen LogP contribution is 2.29. The summed E-state index contributed by atoms with van der Waals surface area (Å²) in [5.41, 5.74) is 11.9. The second-order valence-corrected chi connectivity index (χ2v) is 6.21. The number of nitrogens with one attached hydrogen (secondary N) is 1. The van der Waals surface area contributed by atoms with E-state index in [0.717, 1.165) is 27.4 Å². The summed E-state index contributed by atoms with van der Waals surface area (Å²) in [4.78, 5) is 4.66. The molecule has 3 aromatic rings. The van der Waals surface area contributed by atoms with Crippen LogP contribution in [0.15, 0.2) is 53.6 Å². The fourth-order valence-corrected chi connectivity index (χ4v) is 3.07. The molecule has 0 unspecified atom stereocenters. The van der Waals surface area contributed by atoms with Crippen LogP contribution in [0.1, 0.15) is 12.5 Å². The molecule has 0 aliphatic heterocycles. The lowest BCUT2D eigenvalue weighted by Crippen LogP contribution is -2.25. The highest BCUT2D eigenvalue weighted by atomic mass is 32.1. The number of hydrogen-bond acceptors (Lipinski definition) is 4. The first-order valence-corrected chi connectivity index (χ1v) is 7.92. The maximum atomic E-state index is 5.36. The predicted octanol–water partition coefficient (Wildman–Crippen LogP) is 3.52. The van der Waals surface area contributed by atoms with E-state index < -0.39 is 0 Å². The van der Waals surface area contributed by atoms with Crippen molar-refractivity contribution in [1.82, 2.24) is 10.4 Å². The van der Waals surface area contributed by atoms with E-state index in [-0.39, 0.29) is 5.11 Å². The minimum absolute atomic E-state index is 0.158. The van der Waals surface area contributed by atoms with Gasteiger partial charge >= 0.3 is 0 Å². The van der Waals surface area contributed by atoms with Gasteiger partial charge in [0.15, 0.2) is 5.11 Å². The van der Waals surface area contributed by atoms with Crippen molar-refractivity contribution in [3.05, 3.63) is 54.1 Å². The molecule has 3 N–H and O–H groups in total. The maximum Gasteiger partial charge on any atom is 0.184 e. The molecule has 110 valence electrons. The van der Waals surface area contributed by atoms with Crippen LogP contribution in [0.4, 0.5) is 0 Å². The van der Waals surface area contributed by atoms with Gasteiger partial charge in [0.05, 0.1) is 15.9 Å². The van der Waals surface area contributed by atoms with E-state index in [0.29, 0.717) is 0 Å². The number of nitrogens with zero attached hydrogens (tertiary/aromatic N) is 2. The minimum atomic E-state index is 0.158. The molecule has 0 aliphatic carbocycles. The van der Waals surface area contributed by atoms with E-state index in [1.165, 1.54) is 4.70 Å². The molecule has 0 atom stereocenters. The topological polar surface area (TPSA) is 63.3 Å². The maximum absolute atomic E-state index is 5.36. The van der Waals surface area contributed by atoms with E-state index in [2.05, 4.69) is 21.6 Å². The number of thiazole rings is 1. The first-order chi connectivity index (χ1) is 10.6. The van der Waals surface area contributed by atoms with Gasteiger partial charge in [0.2, 0.25) is 0 Å². The normalized spacial score (nSPS) is 11.6. The predicted molar refractivity (Wildman–Crippen MR) is 97.2 cm³/mol. The third-order valence-corrected chi connectivity index (χ3v) is 4.35. The Morgan fingerprint density at radius 2 is 1.91 bits per heavy atom. The highest BCUT2D eigenvalue weighted by molar-refractivity contribution is 7.80. The first kappa shape index (κ1) is 14.6. The van der Waals surface area contributed by atoms with E-state index in [4.69, 9.17) is 18.0 Å². The molecule has 0 saturated carbocycles. The van der Waals surface area contributed by atoms with Crippen molar-refractivity contribution in [3.8, 4) is 10.6 Å². The summed E-state index contributed by atoms with van der Waals surface area (Å²) < 4.78 is 1.19. The lowest BCUT2D eigenvalue weighted by Gasteiger charge is -2.03. The average Bonchev–Trinajstić information content (AvgIpc) is 2.96. The van der Waals surface area contributed by atoms with Crippen LogP contribution in [0.3, 0.4) is 0 Å². The molecule has 0 saturated heterocycles. The second-order valence-electron chi connectivity index (χ2n) is 4.74. The summed E-state index contributed by atoms with van der Waals surface area (Å²) in [7, 11) is 0. The van der Waals surface area contributed by atoms with Gasteiger partial charge in [-0.2, -0.15) is 5.10 Å². The standard InChI is InChI=1S/C16H14N4S2/c1-10(19-20-16(17)21)11-6-8-12(9-7-11)15-18-13-4-2-3-5-14(13)22-15/h2-9H,1H3,(H3,17,20,21)/b19-10+. The van der Waals surface area contributed by atoms with Crippen LogP contribution in [0.2, 0.25) is 0 Å². The molecule has 0 radical (unpaired) electrons. The number of hydrogen-bond donors (Lipinski definition) is 2. The Labute approximate surface area is 137 Å². The molecule has 6 heteroatoms. The van der Waals surface area contributed by atoms with Crippen molar-refractivity contribution in [1.29, 1.82) is 0 Å². The summed E-state index contributed by atoms with van der Waals surface area (Å²) in [6.45, 7) is 1.90. The molecule has 0 amide bonds. The Morgan fingerprint density at radius 1 is 1.18 bits per heavy atom. The van der Waals surface area contributed by atoms with Gasteiger partial charge in [-0.3, -0.25) is 5.43 Å². The van der Waals surface area contributed by atoms with Crippen molar-refractivity contribution >= 4 is 44.6 Å². The number of thiocarbonyl (C=S) groups is 1. The molecular weight excluding hydrogens is 312 g/mol. The molecule has 0 aliphatic rings. The number of nitrogens with two attached hydrogens (primary N) is 1. The number of hydrazone groups is 1. The van der Waals surface area contributed by atoms with E-state index in [1.807, 2.05) is 49.4 Å². The SMILES string of the molecule is C/C(=N\NC(N)=S)c1ccc(-c2nc3ccccc3s2)cc1. The molecule has 0 fully saturated rings. The van der Waals surface area contributed by atoms with E-state index in [1.54, 1.807) is 11.3 Å². The number of fused-ring (bicyclic) bond motifs is 1. The monoisotopic (exact) mass is 326 g/mol. The molecular formula is C16H14N4S2. The summed E-state index contributed by atoms with van der Waals surface area (Å²) in [5.74, 6) is 0. The van der Waals surface area contributed by atoms with Gasteiger partial charge in [-0.1, -0.05) is 36.4 Å². The lowest BCUT2D eigenvalue weighted by atomic mass is 10.1. The van der Waals surface area contributed by atoms with Crippen molar-refractivity contribution in [2.75, 3.05) is 0 Å². The number of benzene rings is 2. The van der Waals surface area contributed by atoms with Gasteiger partial charge in [-0.25, -0.2) is 4.98 Å². The van der Waals surface area contributed by atoms with Gasteiger partial charge in [-0.05, 0) is 36.8 Å². The molecule has 2 aromatic carbocycles. The van der Waals surface area contributed by atoms with Crippen LogP contribution in [-0.2, 0) is 0 Å². The quantitative estimate of drug-likeness (QED) is 0.439. The van der Waals surface area contributed by atoms with E-state index in [9.17, 15) is 0 Å². The van der Waals surface area contributed by atoms with Crippen LogP contribution in [-0.4, -0.2) is 15.8 Å². The third kappa shape index (κ3) is 3.13. The smallest absolute Gasteiger partial charge is 0.184 e. The highest BCUT2D eigenvalue weighted by Gasteiger charge is 2.06. The lowest BCUT2D eigenvalue weighted by molar-refractivity contribution is 1.03. The summed E-state index contributed by atoms with van der Waals surface area (Å²) >= 11 is 6.42. The Kier molecular flexibility index (Phi) is 4.13. The molecule has 1 aromatic heterocycles. The van der Waals surface area contributed by atoms with E-state index >= 15 is 0 Å². The largest absolute Gasteiger partial charge is 0.375 e. The van der Waals surface area contributed by atoms with Crippen LogP contribution in [0.25, 0.3) is 20.8 Å². The molecule has 3 rings (SSSR count). The van der Waals surface area contributed by atoms with Crippen molar-refractivity contribution < 1.29 is 0 Å². The zero-order chi connectivity index (χ0) is 15.5.